The molecule has 1 aromatic heterocycles. The van der Waals surface area contributed by atoms with Gasteiger partial charge in [0, 0.05) is 24.5 Å². The maximum Gasteiger partial charge on any atom is 0.237 e. The molecule has 0 radical (unpaired) electrons. The van der Waals surface area contributed by atoms with Crippen LogP contribution in [0.3, 0.4) is 0 Å². The van der Waals surface area contributed by atoms with Crippen LogP contribution in [0.25, 0.3) is 0 Å². The number of para-hydroxylation sites is 2. The SMILES string of the molecule is C=CCN(CC(=O)N1CCc2sccc2[C@H]1COc1ccccc1OC)C[C@@H](C)O. The Balaban J connectivity index is 1.76. The molecule has 1 amide bonds. The molecule has 0 aliphatic carbocycles. The molecule has 3 rings (SSSR count). The van der Waals surface area contributed by atoms with Gasteiger partial charge in [-0.2, -0.15) is 0 Å². The van der Waals surface area contributed by atoms with Gasteiger partial charge in [-0.1, -0.05) is 18.2 Å². The van der Waals surface area contributed by atoms with Gasteiger partial charge in [0.1, 0.15) is 6.61 Å². The second kappa shape index (κ2) is 10.6. The van der Waals surface area contributed by atoms with Gasteiger partial charge in [0.2, 0.25) is 5.91 Å². The van der Waals surface area contributed by atoms with Crippen LogP contribution < -0.4 is 9.47 Å². The minimum absolute atomic E-state index is 0.0305. The van der Waals surface area contributed by atoms with Crippen molar-refractivity contribution in [1.82, 2.24) is 9.80 Å². The van der Waals surface area contributed by atoms with Crippen molar-refractivity contribution >= 4 is 17.2 Å². The van der Waals surface area contributed by atoms with Gasteiger partial charge in [-0.05, 0) is 42.5 Å². The Morgan fingerprint density at radius 3 is 2.87 bits per heavy atom. The minimum atomic E-state index is -0.507. The Morgan fingerprint density at radius 2 is 2.17 bits per heavy atom. The Bertz CT molecular complexity index is 851. The topological polar surface area (TPSA) is 62.2 Å². The third-order valence-electron chi connectivity index (χ3n) is 5.15. The Kier molecular flexibility index (Phi) is 7.90. The third-order valence-corrected chi connectivity index (χ3v) is 6.15. The van der Waals surface area contributed by atoms with E-state index in [0.29, 0.717) is 37.7 Å². The molecular formula is C23H30N2O4S. The average Bonchev–Trinajstić information content (AvgIpc) is 3.21. The first-order chi connectivity index (χ1) is 14.5. The van der Waals surface area contributed by atoms with Gasteiger partial charge in [0.15, 0.2) is 11.5 Å². The van der Waals surface area contributed by atoms with Crippen LogP contribution in [-0.2, 0) is 11.2 Å². The highest BCUT2D eigenvalue weighted by molar-refractivity contribution is 7.10. The number of hydrogen-bond donors (Lipinski definition) is 1. The number of benzene rings is 1. The number of aliphatic hydroxyl groups excluding tert-OH is 1. The number of amides is 1. The number of ether oxygens (including phenoxy) is 2. The van der Waals surface area contributed by atoms with Crippen molar-refractivity contribution in [3.05, 3.63) is 58.8 Å². The van der Waals surface area contributed by atoms with Gasteiger partial charge >= 0.3 is 0 Å². The monoisotopic (exact) mass is 430 g/mol. The van der Waals surface area contributed by atoms with Gasteiger partial charge in [0.25, 0.3) is 0 Å². The predicted octanol–water partition coefficient (Wildman–Crippen LogP) is 3.13. The quantitative estimate of drug-likeness (QED) is 0.587. The van der Waals surface area contributed by atoms with Crippen LogP contribution in [0.2, 0.25) is 0 Å². The average molecular weight is 431 g/mol. The number of carbonyl (C=O) groups excluding carboxylic acids is 1. The number of hydrogen-bond acceptors (Lipinski definition) is 6. The molecule has 0 saturated heterocycles. The highest BCUT2D eigenvalue weighted by Gasteiger charge is 2.33. The third kappa shape index (κ3) is 5.41. The fraction of sp³-hybridized carbons (Fsp3) is 0.435. The Hall–Kier alpha value is -2.35. The van der Waals surface area contributed by atoms with Crippen molar-refractivity contribution in [2.75, 3.05) is 39.9 Å². The molecule has 7 heteroatoms. The fourth-order valence-electron chi connectivity index (χ4n) is 3.82. The second-order valence-corrected chi connectivity index (χ2v) is 8.45. The molecule has 0 saturated carbocycles. The first kappa shape index (κ1) is 22.3. The van der Waals surface area contributed by atoms with Crippen LogP contribution in [0.1, 0.15) is 23.4 Å². The maximum atomic E-state index is 13.2. The van der Waals surface area contributed by atoms with E-state index >= 15 is 0 Å². The van der Waals surface area contributed by atoms with Gasteiger partial charge in [0.05, 0.1) is 25.8 Å². The van der Waals surface area contributed by atoms with E-state index in [1.165, 1.54) is 4.88 Å². The Morgan fingerprint density at radius 1 is 1.40 bits per heavy atom. The summed E-state index contributed by atoms with van der Waals surface area (Å²) in [5, 5.41) is 11.8. The normalized spacial score (nSPS) is 16.8. The number of thiophene rings is 1. The summed E-state index contributed by atoms with van der Waals surface area (Å²) in [6.07, 6.45) is 2.10. The number of carbonyl (C=O) groups is 1. The minimum Gasteiger partial charge on any atom is -0.493 e. The molecule has 1 aliphatic heterocycles. The first-order valence-electron chi connectivity index (χ1n) is 10.2. The molecule has 162 valence electrons. The lowest BCUT2D eigenvalue weighted by Gasteiger charge is -2.37. The fourth-order valence-corrected chi connectivity index (χ4v) is 4.75. The highest BCUT2D eigenvalue weighted by atomic mass is 32.1. The number of aliphatic hydroxyl groups is 1. The van der Waals surface area contributed by atoms with E-state index in [1.54, 1.807) is 31.4 Å². The molecule has 30 heavy (non-hydrogen) atoms. The number of methoxy groups -OCH3 is 1. The lowest BCUT2D eigenvalue weighted by molar-refractivity contribution is -0.136. The first-order valence-corrected chi connectivity index (χ1v) is 11.0. The lowest BCUT2D eigenvalue weighted by Crippen LogP contribution is -2.47. The molecule has 0 fully saturated rings. The Labute approximate surface area is 182 Å². The molecule has 1 aliphatic rings. The molecule has 6 nitrogen and oxygen atoms in total. The van der Waals surface area contributed by atoms with E-state index in [4.69, 9.17) is 9.47 Å². The van der Waals surface area contributed by atoms with Gasteiger partial charge in [-0.3, -0.25) is 9.69 Å². The van der Waals surface area contributed by atoms with Crippen LogP contribution in [0, 0.1) is 0 Å². The molecule has 1 N–H and O–H groups in total. The van der Waals surface area contributed by atoms with Crippen molar-refractivity contribution in [3.63, 3.8) is 0 Å². The molecule has 2 aromatic rings. The van der Waals surface area contributed by atoms with Crippen molar-refractivity contribution < 1.29 is 19.4 Å². The maximum absolute atomic E-state index is 13.2. The summed E-state index contributed by atoms with van der Waals surface area (Å²) in [5.41, 5.74) is 1.15. The van der Waals surface area contributed by atoms with Gasteiger partial charge < -0.3 is 19.5 Å². The molecule has 0 bridgehead atoms. The predicted molar refractivity (Wildman–Crippen MR) is 119 cm³/mol. The highest BCUT2D eigenvalue weighted by Crippen LogP contribution is 2.35. The van der Waals surface area contributed by atoms with E-state index in [-0.39, 0.29) is 18.5 Å². The van der Waals surface area contributed by atoms with E-state index < -0.39 is 6.10 Å². The van der Waals surface area contributed by atoms with Crippen molar-refractivity contribution in [2.24, 2.45) is 0 Å². The van der Waals surface area contributed by atoms with Crippen LogP contribution in [-0.4, -0.2) is 66.8 Å². The van der Waals surface area contributed by atoms with E-state index in [0.717, 1.165) is 12.0 Å². The van der Waals surface area contributed by atoms with Crippen molar-refractivity contribution in [1.29, 1.82) is 0 Å². The van der Waals surface area contributed by atoms with Gasteiger partial charge in [-0.15, -0.1) is 17.9 Å². The van der Waals surface area contributed by atoms with Crippen LogP contribution >= 0.6 is 11.3 Å². The van der Waals surface area contributed by atoms with E-state index in [9.17, 15) is 9.90 Å². The van der Waals surface area contributed by atoms with Crippen molar-refractivity contribution in [3.8, 4) is 11.5 Å². The molecular weight excluding hydrogens is 400 g/mol. The smallest absolute Gasteiger partial charge is 0.237 e. The lowest BCUT2D eigenvalue weighted by atomic mass is 10.0. The van der Waals surface area contributed by atoms with E-state index in [2.05, 4.69) is 18.0 Å². The summed E-state index contributed by atoms with van der Waals surface area (Å²) in [4.78, 5) is 18.4. The number of rotatable bonds is 10. The zero-order valence-corrected chi connectivity index (χ0v) is 18.4. The summed E-state index contributed by atoms with van der Waals surface area (Å²) >= 11 is 1.73. The van der Waals surface area contributed by atoms with E-state index in [1.807, 2.05) is 34.1 Å². The second-order valence-electron chi connectivity index (χ2n) is 7.45. The number of nitrogens with zero attached hydrogens (tertiary/aromatic N) is 2. The molecule has 0 spiro atoms. The molecule has 2 heterocycles. The summed E-state index contributed by atoms with van der Waals surface area (Å²) < 4.78 is 11.5. The van der Waals surface area contributed by atoms with Crippen molar-refractivity contribution in [2.45, 2.75) is 25.5 Å². The molecule has 1 aromatic carbocycles. The van der Waals surface area contributed by atoms with Crippen LogP contribution in [0.5, 0.6) is 11.5 Å². The van der Waals surface area contributed by atoms with Crippen LogP contribution in [0.4, 0.5) is 0 Å². The zero-order chi connectivity index (χ0) is 21.5. The molecule has 2 atom stereocenters. The summed E-state index contributed by atoms with van der Waals surface area (Å²) in [7, 11) is 1.62. The zero-order valence-electron chi connectivity index (χ0n) is 17.6. The number of fused-ring (bicyclic) bond motifs is 1. The summed E-state index contributed by atoms with van der Waals surface area (Å²) in [6, 6.07) is 9.47. The summed E-state index contributed by atoms with van der Waals surface area (Å²) in [6.45, 7) is 7.72. The molecule has 0 unspecified atom stereocenters. The van der Waals surface area contributed by atoms with Gasteiger partial charge in [-0.25, -0.2) is 0 Å². The van der Waals surface area contributed by atoms with Crippen LogP contribution in [0.15, 0.2) is 48.4 Å². The summed E-state index contributed by atoms with van der Waals surface area (Å²) in [5.74, 6) is 1.37. The largest absolute Gasteiger partial charge is 0.493 e. The standard InChI is InChI=1S/C23H30N2O4S/c1-4-11-24(14-17(2)26)15-23(27)25-12-9-22-18(10-13-30-22)19(25)16-29-21-8-6-5-7-20(21)28-3/h4-8,10,13,17,19,26H,1,9,11-12,14-16H2,2-3H3/t17-,19-/m1/s1.